The molecule has 29 heavy (non-hydrogen) atoms. The van der Waals surface area contributed by atoms with Gasteiger partial charge in [0.25, 0.3) is 5.91 Å². The summed E-state index contributed by atoms with van der Waals surface area (Å²) in [5.74, 6) is 0.908. The maximum absolute atomic E-state index is 12.2. The second kappa shape index (κ2) is 8.22. The van der Waals surface area contributed by atoms with Gasteiger partial charge in [-0.3, -0.25) is 9.78 Å². The van der Waals surface area contributed by atoms with Crippen molar-refractivity contribution in [2.45, 2.75) is 13.8 Å². The lowest BCUT2D eigenvalue weighted by Crippen LogP contribution is -2.15. The van der Waals surface area contributed by atoms with Crippen LogP contribution in [0.25, 0.3) is 22.4 Å². The van der Waals surface area contributed by atoms with Crippen molar-refractivity contribution in [2.75, 3.05) is 21.3 Å². The lowest BCUT2D eigenvalue weighted by Gasteiger charge is -2.17. The highest BCUT2D eigenvalue weighted by atomic mass is 16.5. The van der Waals surface area contributed by atoms with Crippen LogP contribution in [0, 0.1) is 13.8 Å². The van der Waals surface area contributed by atoms with E-state index in [-0.39, 0.29) is 0 Å². The fourth-order valence-electron chi connectivity index (χ4n) is 3.32. The molecule has 3 aromatic rings. The number of benzene rings is 2. The molecule has 3 rings (SSSR count). The summed E-state index contributed by atoms with van der Waals surface area (Å²) in [6.07, 6.45) is 0. The van der Waals surface area contributed by atoms with Gasteiger partial charge in [0.2, 0.25) is 5.75 Å². The molecule has 2 aromatic carbocycles. The van der Waals surface area contributed by atoms with Gasteiger partial charge < -0.3 is 19.9 Å². The van der Waals surface area contributed by atoms with E-state index in [1.807, 2.05) is 37.3 Å². The maximum Gasteiger partial charge on any atom is 0.251 e. The van der Waals surface area contributed by atoms with E-state index in [0.717, 1.165) is 16.8 Å². The molecular formula is C23H24N2O4. The number of hydrogen-bond donors (Lipinski definition) is 1. The van der Waals surface area contributed by atoms with E-state index in [2.05, 4.69) is 4.98 Å². The Kier molecular flexibility index (Phi) is 5.73. The molecule has 6 heteroatoms. The lowest BCUT2D eigenvalue weighted by molar-refractivity contribution is 0.1000. The number of amides is 1. The van der Waals surface area contributed by atoms with Crippen LogP contribution >= 0.6 is 0 Å². The molecule has 2 N–H and O–H groups in total. The third-order valence-corrected chi connectivity index (χ3v) is 4.77. The highest BCUT2D eigenvalue weighted by molar-refractivity contribution is 6.02. The fourth-order valence-corrected chi connectivity index (χ4v) is 3.32. The molecule has 0 fully saturated rings. The zero-order valence-electron chi connectivity index (χ0n) is 17.2. The van der Waals surface area contributed by atoms with Crippen LogP contribution in [0.5, 0.6) is 17.2 Å². The topological polar surface area (TPSA) is 83.7 Å². The maximum atomic E-state index is 12.2. The van der Waals surface area contributed by atoms with Crippen molar-refractivity contribution in [3.8, 4) is 39.6 Å². The highest BCUT2D eigenvalue weighted by Crippen LogP contribution is 2.42. The summed E-state index contributed by atoms with van der Waals surface area (Å²) in [6.45, 7) is 3.80. The Labute approximate surface area is 170 Å². The van der Waals surface area contributed by atoms with Crippen LogP contribution in [0.15, 0.2) is 42.5 Å². The Hall–Kier alpha value is -3.54. The Bertz CT molecular complexity index is 1030. The normalized spacial score (nSPS) is 10.5. The van der Waals surface area contributed by atoms with E-state index >= 15 is 0 Å². The monoisotopic (exact) mass is 392 g/mol. The average Bonchev–Trinajstić information content (AvgIpc) is 2.72. The van der Waals surface area contributed by atoms with Crippen LogP contribution in [0.1, 0.15) is 21.6 Å². The summed E-state index contributed by atoms with van der Waals surface area (Å²) in [5.41, 5.74) is 10.8. The van der Waals surface area contributed by atoms with Crippen LogP contribution in [0.2, 0.25) is 0 Å². The minimum Gasteiger partial charge on any atom is -0.493 e. The number of nitrogens with zero attached hydrogens (tertiary/aromatic N) is 1. The molecule has 150 valence electrons. The Morgan fingerprint density at radius 1 is 0.862 bits per heavy atom. The molecule has 0 unspecified atom stereocenters. The fraction of sp³-hybridized carbons (Fsp3) is 0.217. The van der Waals surface area contributed by atoms with Crippen LogP contribution in [0.3, 0.4) is 0 Å². The van der Waals surface area contributed by atoms with Gasteiger partial charge in [-0.2, -0.15) is 0 Å². The van der Waals surface area contributed by atoms with E-state index in [1.165, 1.54) is 0 Å². The molecule has 1 amide bonds. The second-order valence-corrected chi connectivity index (χ2v) is 6.66. The number of nitrogens with two attached hydrogens (primary N) is 1. The van der Waals surface area contributed by atoms with E-state index in [4.69, 9.17) is 19.9 Å². The summed E-state index contributed by atoms with van der Waals surface area (Å²) < 4.78 is 16.3. The number of ether oxygens (including phenoxy) is 3. The van der Waals surface area contributed by atoms with E-state index in [0.29, 0.717) is 39.6 Å². The minimum absolute atomic E-state index is 0.357. The molecule has 1 heterocycles. The largest absolute Gasteiger partial charge is 0.493 e. The van der Waals surface area contributed by atoms with Gasteiger partial charge in [-0.1, -0.05) is 29.8 Å². The van der Waals surface area contributed by atoms with Gasteiger partial charge in [0.1, 0.15) is 0 Å². The molecule has 0 saturated heterocycles. The SMILES string of the molecule is COc1cc(-c2cc(-c3ccc(C)cc3)nc(C)c2C(N)=O)cc(OC)c1OC. The third-order valence-electron chi connectivity index (χ3n) is 4.77. The smallest absolute Gasteiger partial charge is 0.251 e. The number of hydrogen-bond acceptors (Lipinski definition) is 5. The number of aromatic nitrogens is 1. The van der Waals surface area contributed by atoms with Crippen molar-refractivity contribution < 1.29 is 19.0 Å². The number of rotatable bonds is 6. The quantitative estimate of drug-likeness (QED) is 0.681. The highest BCUT2D eigenvalue weighted by Gasteiger charge is 2.20. The van der Waals surface area contributed by atoms with Crippen molar-refractivity contribution >= 4 is 5.91 Å². The van der Waals surface area contributed by atoms with Gasteiger partial charge >= 0.3 is 0 Å². The average molecular weight is 392 g/mol. The molecule has 0 aliphatic carbocycles. The van der Waals surface area contributed by atoms with Crippen molar-refractivity contribution in [1.82, 2.24) is 4.98 Å². The first kappa shape index (κ1) is 20.2. The summed E-state index contributed by atoms with van der Waals surface area (Å²) in [6, 6.07) is 13.5. The van der Waals surface area contributed by atoms with E-state index < -0.39 is 5.91 Å². The lowest BCUT2D eigenvalue weighted by atomic mass is 9.95. The van der Waals surface area contributed by atoms with Crippen LogP contribution in [0.4, 0.5) is 0 Å². The van der Waals surface area contributed by atoms with Crippen molar-refractivity contribution in [3.05, 3.63) is 59.3 Å². The van der Waals surface area contributed by atoms with Crippen molar-refractivity contribution in [2.24, 2.45) is 5.73 Å². The Morgan fingerprint density at radius 3 is 1.93 bits per heavy atom. The first-order valence-electron chi connectivity index (χ1n) is 9.08. The van der Waals surface area contributed by atoms with Crippen molar-refractivity contribution in [1.29, 1.82) is 0 Å². The summed E-state index contributed by atoms with van der Waals surface area (Å²) in [4.78, 5) is 16.8. The predicted octanol–water partition coefficient (Wildman–Crippen LogP) is 4.16. The van der Waals surface area contributed by atoms with Gasteiger partial charge in [0, 0.05) is 5.56 Å². The van der Waals surface area contributed by atoms with Crippen LogP contribution in [-0.4, -0.2) is 32.2 Å². The summed E-state index contributed by atoms with van der Waals surface area (Å²) in [5, 5.41) is 0. The molecule has 0 aliphatic rings. The van der Waals surface area contributed by atoms with Gasteiger partial charge in [0.15, 0.2) is 11.5 Å². The molecule has 0 spiro atoms. The second-order valence-electron chi connectivity index (χ2n) is 6.66. The molecular weight excluding hydrogens is 368 g/mol. The molecule has 0 bridgehead atoms. The van der Waals surface area contributed by atoms with Gasteiger partial charge in [0.05, 0.1) is 38.3 Å². The molecule has 0 saturated carbocycles. The van der Waals surface area contributed by atoms with Crippen LogP contribution < -0.4 is 19.9 Å². The Balaban J connectivity index is 2.30. The van der Waals surface area contributed by atoms with Gasteiger partial charge in [-0.05, 0) is 43.2 Å². The number of primary amides is 1. The minimum atomic E-state index is -0.547. The summed E-state index contributed by atoms with van der Waals surface area (Å²) >= 11 is 0. The molecule has 0 aliphatic heterocycles. The Morgan fingerprint density at radius 2 is 1.45 bits per heavy atom. The first-order valence-corrected chi connectivity index (χ1v) is 9.08. The third kappa shape index (κ3) is 3.87. The zero-order valence-corrected chi connectivity index (χ0v) is 17.2. The standard InChI is InChI=1S/C23H24N2O4/c1-13-6-8-15(9-7-13)18-12-17(21(23(24)26)14(2)25-18)16-10-19(27-3)22(29-5)20(11-16)28-4/h6-12H,1-5H3,(H2,24,26). The number of carbonyl (C=O) groups excluding carboxylic acids is 1. The molecule has 1 aromatic heterocycles. The molecule has 0 radical (unpaired) electrons. The van der Waals surface area contributed by atoms with Gasteiger partial charge in [-0.25, -0.2) is 0 Å². The van der Waals surface area contributed by atoms with E-state index in [9.17, 15) is 4.79 Å². The first-order chi connectivity index (χ1) is 13.9. The van der Waals surface area contributed by atoms with Gasteiger partial charge in [-0.15, -0.1) is 0 Å². The predicted molar refractivity (Wildman–Crippen MR) is 113 cm³/mol. The summed E-state index contributed by atoms with van der Waals surface area (Å²) in [7, 11) is 4.64. The number of pyridine rings is 1. The van der Waals surface area contributed by atoms with Crippen LogP contribution in [-0.2, 0) is 0 Å². The molecule has 0 atom stereocenters. The number of carbonyl (C=O) groups is 1. The molecule has 6 nitrogen and oxygen atoms in total. The van der Waals surface area contributed by atoms with Crippen molar-refractivity contribution in [3.63, 3.8) is 0 Å². The zero-order chi connectivity index (χ0) is 21.1. The number of aryl methyl sites for hydroxylation is 2. The number of methoxy groups -OCH3 is 3. The van der Waals surface area contributed by atoms with E-state index in [1.54, 1.807) is 40.4 Å².